The molecule has 0 unspecified atom stereocenters. The lowest BCUT2D eigenvalue weighted by Crippen LogP contribution is -2.20. The second kappa shape index (κ2) is 5.93. The van der Waals surface area contributed by atoms with Crippen molar-refractivity contribution in [2.24, 2.45) is 7.05 Å². The van der Waals surface area contributed by atoms with Gasteiger partial charge in [0.2, 0.25) is 5.91 Å². The Labute approximate surface area is 142 Å². The molecule has 0 spiro atoms. The van der Waals surface area contributed by atoms with E-state index in [9.17, 15) is 4.79 Å². The van der Waals surface area contributed by atoms with Gasteiger partial charge in [-0.1, -0.05) is 18.2 Å². The van der Waals surface area contributed by atoms with E-state index in [1.165, 1.54) is 10.1 Å². The Morgan fingerprint density at radius 1 is 1.25 bits per heavy atom. The van der Waals surface area contributed by atoms with Crippen LogP contribution in [0.5, 0.6) is 0 Å². The first-order valence-corrected chi connectivity index (χ1v) is 8.35. The summed E-state index contributed by atoms with van der Waals surface area (Å²) in [5, 5.41) is 14.5. The molecule has 0 aliphatic heterocycles. The number of carbonyl (C=O) groups is 1. The Kier molecular flexibility index (Phi) is 3.62. The topological polar surface area (TPSA) is 64.7 Å². The molecule has 1 aromatic carbocycles. The first kappa shape index (κ1) is 14.6. The number of benzene rings is 1. The maximum Gasteiger partial charge on any atom is 0.247 e. The Morgan fingerprint density at radius 2 is 2.17 bits per heavy atom. The van der Waals surface area contributed by atoms with Crippen molar-refractivity contribution in [1.82, 2.24) is 19.6 Å². The minimum Gasteiger partial charge on any atom is -0.309 e. The third-order valence-electron chi connectivity index (χ3n) is 3.82. The van der Waals surface area contributed by atoms with Crippen LogP contribution in [0.4, 0.5) is 5.82 Å². The number of nitrogens with one attached hydrogen (secondary N) is 1. The number of fused-ring (bicyclic) bond motifs is 1. The van der Waals surface area contributed by atoms with E-state index in [1.54, 1.807) is 46.2 Å². The molecule has 0 aliphatic rings. The number of carbonyl (C=O) groups excluding carboxylic acids is 1. The van der Waals surface area contributed by atoms with Gasteiger partial charge in [0.1, 0.15) is 12.4 Å². The minimum absolute atomic E-state index is 0.136. The lowest BCUT2D eigenvalue weighted by Gasteiger charge is -2.05. The monoisotopic (exact) mass is 337 g/mol. The number of hydrogen-bond donors (Lipinski definition) is 1. The van der Waals surface area contributed by atoms with E-state index in [0.29, 0.717) is 5.82 Å². The second-order valence-electron chi connectivity index (χ2n) is 5.46. The van der Waals surface area contributed by atoms with E-state index in [2.05, 4.69) is 39.1 Å². The number of amides is 1. The maximum atomic E-state index is 12.1. The summed E-state index contributed by atoms with van der Waals surface area (Å²) in [5.41, 5.74) is 2.15. The van der Waals surface area contributed by atoms with Crippen LogP contribution in [0.2, 0.25) is 0 Å². The fourth-order valence-corrected chi connectivity index (χ4v) is 3.57. The molecule has 4 aromatic rings. The zero-order chi connectivity index (χ0) is 16.5. The number of aryl methyl sites for hydroxylation is 1. The fraction of sp³-hybridized carbons (Fsp3) is 0.118. The molecule has 1 amide bonds. The summed E-state index contributed by atoms with van der Waals surface area (Å²) in [5.74, 6) is 0.526. The molecule has 0 aliphatic carbocycles. The molecule has 3 heterocycles. The van der Waals surface area contributed by atoms with Crippen molar-refractivity contribution in [1.29, 1.82) is 0 Å². The molecule has 3 aromatic heterocycles. The van der Waals surface area contributed by atoms with Crippen molar-refractivity contribution in [3.05, 3.63) is 54.3 Å². The second-order valence-corrected chi connectivity index (χ2v) is 6.38. The first-order valence-electron chi connectivity index (χ1n) is 7.47. The van der Waals surface area contributed by atoms with Crippen LogP contribution in [0.15, 0.2) is 54.3 Å². The van der Waals surface area contributed by atoms with Gasteiger partial charge in [0.25, 0.3) is 0 Å². The molecule has 0 radical (unpaired) electrons. The number of anilines is 1. The van der Waals surface area contributed by atoms with Crippen LogP contribution >= 0.6 is 11.3 Å². The lowest BCUT2D eigenvalue weighted by molar-refractivity contribution is -0.116. The Morgan fingerprint density at radius 3 is 3.00 bits per heavy atom. The SMILES string of the molecule is Cn1nccc1NC(=O)Cn1cc(-c2cccc3ccsc23)cn1. The molecular formula is C17H15N5OS. The Bertz CT molecular complexity index is 1010. The molecule has 0 saturated carbocycles. The number of hydrogen-bond acceptors (Lipinski definition) is 4. The number of aromatic nitrogens is 4. The highest BCUT2D eigenvalue weighted by molar-refractivity contribution is 7.17. The Balaban J connectivity index is 1.54. The van der Waals surface area contributed by atoms with Crippen molar-refractivity contribution in [2.45, 2.75) is 6.54 Å². The maximum absolute atomic E-state index is 12.1. The van der Waals surface area contributed by atoms with E-state index >= 15 is 0 Å². The van der Waals surface area contributed by atoms with Gasteiger partial charge in [-0.25, -0.2) is 0 Å². The number of nitrogens with zero attached hydrogens (tertiary/aromatic N) is 4. The van der Waals surface area contributed by atoms with Crippen LogP contribution in [0.1, 0.15) is 0 Å². The lowest BCUT2D eigenvalue weighted by atomic mass is 10.1. The van der Waals surface area contributed by atoms with Crippen LogP contribution in [0.3, 0.4) is 0 Å². The molecule has 0 fully saturated rings. The van der Waals surface area contributed by atoms with Gasteiger partial charge < -0.3 is 5.32 Å². The van der Waals surface area contributed by atoms with Crippen molar-refractivity contribution in [2.75, 3.05) is 5.32 Å². The van der Waals surface area contributed by atoms with Crippen LogP contribution in [0, 0.1) is 0 Å². The molecular weight excluding hydrogens is 322 g/mol. The van der Waals surface area contributed by atoms with Crippen LogP contribution in [0.25, 0.3) is 21.2 Å². The number of thiophene rings is 1. The van der Waals surface area contributed by atoms with Gasteiger partial charge in [-0.05, 0) is 16.8 Å². The van der Waals surface area contributed by atoms with Crippen molar-refractivity contribution in [3.63, 3.8) is 0 Å². The molecule has 0 saturated heterocycles. The summed E-state index contributed by atoms with van der Waals surface area (Å²) in [6.45, 7) is 0.158. The van der Waals surface area contributed by atoms with Crippen molar-refractivity contribution < 1.29 is 4.79 Å². The summed E-state index contributed by atoms with van der Waals surface area (Å²) in [7, 11) is 1.78. The first-order chi connectivity index (χ1) is 11.7. The summed E-state index contributed by atoms with van der Waals surface area (Å²) >= 11 is 1.71. The zero-order valence-corrected chi connectivity index (χ0v) is 13.8. The number of rotatable bonds is 4. The Hall–Kier alpha value is -2.93. The van der Waals surface area contributed by atoms with Gasteiger partial charge in [-0.15, -0.1) is 11.3 Å². The van der Waals surface area contributed by atoms with E-state index < -0.39 is 0 Å². The summed E-state index contributed by atoms with van der Waals surface area (Å²) < 4.78 is 4.49. The largest absolute Gasteiger partial charge is 0.309 e. The molecule has 0 atom stereocenters. The molecule has 4 rings (SSSR count). The summed E-state index contributed by atoms with van der Waals surface area (Å²) in [4.78, 5) is 12.1. The van der Waals surface area contributed by atoms with Gasteiger partial charge in [0.05, 0.1) is 12.4 Å². The highest BCUT2D eigenvalue weighted by atomic mass is 32.1. The van der Waals surface area contributed by atoms with Crippen molar-refractivity contribution >= 4 is 33.1 Å². The van der Waals surface area contributed by atoms with E-state index in [-0.39, 0.29) is 12.5 Å². The third kappa shape index (κ3) is 2.69. The quantitative estimate of drug-likeness (QED) is 0.622. The molecule has 1 N–H and O–H groups in total. The third-order valence-corrected chi connectivity index (χ3v) is 4.78. The van der Waals surface area contributed by atoms with Gasteiger partial charge in [-0.2, -0.15) is 10.2 Å². The van der Waals surface area contributed by atoms with Gasteiger partial charge in [-0.3, -0.25) is 14.2 Å². The molecule has 6 nitrogen and oxygen atoms in total. The van der Waals surface area contributed by atoms with Gasteiger partial charge in [0, 0.05) is 35.1 Å². The van der Waals surface area contributed by atoms with Crippen LogP contribution in [-0.2, 0) is 18.4 Å². The molecule has 120 valence electrons. The normalized spacial score (nSPS) is 11.0. The smallest absolute Gasteiger partial charge is 0.247 e. The van der Waals surface area contributed by atoms with E-state index in [0.717, 1.165) is 11.1 Å². The molecule has 0 bridgehead atoms. The minimum atomic E-state index is -0.136. The van der Waals surface area contributed by atoms with Gasteiger partial charge in [0.15, 0.2) is 0 Å². The van der Waals surface area contributed by atoms with Crippen LogP contribution < -0.4 is 5.32 Å². The average Bonchev–Trinajstić information content (AvgIpc) is 3.29. The summed E-state index contributed by atoms with van der Waals surface area (Å²) in [6, 6.07) is 10.1. The zero-order valence-electron chi connectivity index (χ0n) is 13.0. The average molecular weight is 337 g/mol. The van der Waals surface area contributed by atoms with Crippen molar-refractivity contribution in [3.8, 4) is 11.1 Å². The standard InChI is InChI=1S/C17H15N5OS/c1-21-15(5-7-18-21)20-16(23)11-22-10-13(9-19-22)14-4-2-3-12-6-8-24-17(12)14/h2-10H,11H2,1H3,(H,20,23). The molecule has 7 heteroatoms. The fourth-order valence-electron chi connectivity index (χ4n) is 2.64. The van der Waals surface area contributed by atoms with Gasteiger partial charge >= 0.3 is 0 Å². The van der Waals surface area contributed by atoms with E-state index in [1.807, 2.05) is 12.3 Å². The predicted molar refractivity (Wildman–Crippen MR) is 94.9 cm³/mol. The highest BCUT2D eigenvalue weighted by Gasteiger charge is 2.10. The van der Waals surface area contributed by atoms with E-state index in [4.69, 9.17) is 0 Å². The van der Waals surface area contributed by atoms with Crippen LogP contribution in [-0.4, -0.2) is 25.5 Å². The summed E-state index contributed by atoms with van der Waals surface area (Å²) in [6.07, 6.45) is 5.34. The highest BCUT2D eigenvalue weighted by Crippen LogP contribution is 2.32. The predicted octanol–water partition coefficient (Wildman–Crippen LogP) is 3.14. The molecule has 24 heavy (non-hydrogen) atoms.